The second-order valence-electron chi connectivity index (χ2n) is 10.9. The van der Waals surface area contributed by atoms with Crippen molar-refractivity contribution < 1.29 is 23.8 Å². The predicted molar refractivity (Wildman–Crippen MR) is 150 cm³/mol. The van der Waals surface area contributed by atoms with Crippen LogP contribution in [0.4, 0.5) is 16.3 Å². The van der Waals surface area contributed by atoms with Gasteiger partial charge in [0.15, 0.2) is 17.1 Å². The highest BCUT2D eigenvalue weighted by atomic mass is 16.7. The van der Waals surface area contributed by atoms with Crippen molar-refractivity contribution >= 4 is 34.5 Å². The van der Waals surface area contributed by atoms with Gasteiger partial charge in [0.25, 0.3) is 5.91 Å². The summed E-state index contributed by atoms with van der Waals surface area (Å²) in [5, 5.41) is 8.35. The average Bonchev–Trinajstić information content (AvgIpc) is 3.60. The van der Waals surface area contributed by atoms with Crippen LogP contribution < -0.4 is 20.5 Å². The molecule has 13 heteroatoms. The van der Waals surface area contributed by atoms with Crippen molar-refractivity contribution in [3.63, 3.8) is 0 Å². The first-order valence-electron chi connectivity index (χ1n) is 13.3. The van der Waals surface area contributed by atoms with E-state index < -0.39 is 5.60 Å². The smallest absolute Gasteiger partial charge is 0.410 e. The number of carbonyl (C=O) groups is 2. The van der Waals surface area contributed by atoms with Crippen molar-refractivity contribution in [2.45, 2.75) is 45.3 Å². The number of ether oxygens (including phenoxy) is 3. The first kappa shape index (κ1) is 26.3. The topological polar surface area (TPSA) is 160 Å². The second kappa shape index (κ2) is 10.2. The Morgan fingerprint density at radius 1 is 1.10 bits per heavy atom. The molecule has 0 bridgehead atoms. The van der Waals surface area contributed by atoms with Crippen LogP contribution in [0.2, 0.25) is 0 Å². The summed E-state index contributed by atoms with van der Waals surface area (Å²) in [6.07, 6.45) is 4.15. The molecule has 3 N–H and O–H groups in total. The van der Waals surface area contributed by atoms with Crippen LogP contribution in [0.1, 0.15) is 50.1 Å². The van der Waals surface area contributed by atoms with Gasteiger partial charge in [0.05, 0.1) is 17.1 Å². The Bertz CT molecular complexity index is 1630. The minimum Gasteiger partial charge on any atom is -0.453 e. The van der Waals surface area contributed by atoms with Gasteiger partial charge in [-0.05, 0) is 57.9 Å². The van der Waals surface area contributed by atoms with Gasteiger partial charge in [0.1, 0.15) is 29.1 Å². The number of nitrogen functional groups attached to an aromatic ring is 1. The van der Waals surface area contributed by atoms with Crippen LogP contribution in [0.5, 0.6) is 11.5 Å². The van der Waals surface area contributed by atoms with E-state index in [4.69, 9.17) is 25.0 Å². The van der Waals surface area contributed by atoms with Crippen LogP contribution in [-0.2, 0) is 4.74 Å². The number of hydrogen-bond acceptors (Lipinski definition) is 10. The fourth-order valence-electron chi connectivity index (χ4n) is 5.05. The molecule has 5 heterocycles. The van der Waals surface area contributed by atoms with Gasteiger partial charge in [-0.1, -0.05) is 6.07 Å². The molecule has 3 aromatic heterocycles. The normalized spacial score (nSPS) is 16.6. The molecule has 4 aromatic rings. The molecule has 2 amide bonds. The van der Waals surface area contributed by atoms with E-state index in [1.54, 1.807) is 46.1 Å². The van der Waals surface area contributed by atoms with Crippen LogP contribution in [0.25, 0.3) is 22.3 Å². The first-order valence-corrected chi connectivity index (χ1v) is 13.3. The molecule has 6 rings (SSSR count). The van der Waals surface area contributed by atoms with Crippen molar-refractivity contribution in [2.75, 3.05) is 30.9 Å². The largest absolute Gasteiger partial charge is 0.453 e. The molecule has 41 heavy (non-hydrogen) atoms. The summed E-state index contributed by atoms with van der Waals surface area (Å²) in [6.45, 7) is 6.51. The number of nitrogens with two attached hydrogens (primary N) is 1. The highest BCUT2D eigenvalue weighted by molar-refractivity contribution is 6.05. The third-order valence-electron chi connectivity index (χ3n) is 6.83. The molecule has 0 radical (unpaired) electrons. The number of aromatic nitrogens is 5. The third-order valence-corrected chi connectivity index (χ3v) is 6.83. The third kappa shape index (κ3) is 5.06. The van der Waals surface area contributed by atoms with Crippen molar-refractivity contribution in [2.24, 2.45) is 0 Å². The monoisotopic (exact) mass is 558 g/mol. The SMILES string of the molecule is CC(C)(C)OC(=O)N1CCC[C@@H](n2nc(-c3ccc(NC(=O)c4ccccn4)c4c3OCO4)c3c(N)ncnc32)C1. The molecule has 0 saturated carbocycles. The van der Waals surface area contributed by atoms with Gasteiger partial charge in [-0.3, -0.25) is 9.78 Å². The minimum absolute atomic E-state index is 0.0309. The number of nitrogens with one attached hydrogen (secondary N) is 1. The summed E-state index contributed by atoms with van der Waals surface area (Å²) in [7, 11) is 0. The number of rotatable bonds is 4. The zero-order valence-electron chi connectivity index (χ0n) is 23.0. The number of anilines is 2. The van der Waals surface area contributed by atoms with Gasteiger partial charge >= 0.3 is 6.09 Å². The zero-order valence-corrected chi connectivity index (χ0v) is 23.0. The Morgan fingerprint density at radius 3 is 2.71 bits per heavy atom. The highest BCUT2D eigenvalue weighted by Crippen LogP contribution is 2.48. The van der Waals surface area contributed by atoms with Crippen LogP contribution in [0, 0.1) is 0 Å². The molecule has 0 unspecified atom stereocenters. The lowest BCUT2D eigenvalue weighted by molar-refractivity contribution is 0.0169. The summed E-state index contributed by atoms with van der Waals surface area (Å²) in [4.78, 5) is 40.1. The average molecular weight is 559 g/mol. The number of hydrogen-bond donors (Lipinski definition) is 2. The Kier molecular flexibility index (Phi) is 6.56. The van der Waals surface area contributed by atoms with Crippen molar-refractivity contribution in [1.82, 2.24) is 29.6 Å². The van der Waals surface area contributed by atoms with Gasteiger partial charge in [-0.15, -0.1) is 0 Å². The van der Waals surface area contributed by atoms with Crippen LogP contribution >= 0.6 is 0 Å². The van der Waals surface area contributed by atoms with Gasteiger partial charge in [0.2, 0.25) is 6.79 Å². The Labute approximate surface area is 235 Å². The van der Waals surface area contributed by atoms with Crippen molar-refractivity contribution in [3.05, 3.63) is 48.5 Å². The van der Waals surface area contributed by atoms with E-state index in [1.807, 2.05) is 20.8 Å². The fraction of sp³-hybridized carbons (Fsp3) is 0.357. The molecule has 1 saturated heterocycles. The predicted octanol–water partition coefficient (Wildman–Crippen LogP) is 4.02. The van der Waals surface area contributed by atoms with Gasteiger partial charge in [-0.2, -0.15) is 5.10 Å². The number of benzene rings is 1. The number of nitrogens with zero attached hydrogens (tertiary/aromatic N) is 6. The number of piperidine rings is 1. The molecule has 2 aliphatic heterocycles. The summed E-state index contributed by atoms with van der Waals surface area (Å²) < 4.78 is 19.0. The summed E-state index contributed by atoms with van der Waals surface area (Å²) in [6, 6.07) is 8.44. The molecule has 0 spiro atoms. The number of fused-ring (bicyclic) bond motifs is 2. The van der Waals surface area contributed by atoms with E-state index in [2.05, 4.69) is 20.3 Å². The molecule has 1 fully saturated rings. The molecule has 1 atom stereocenters. The van der Waals surface area contributed by atoms with Gasteiger partial charge in [-0.25, -0.2) is 19.4 Å². The molecule has 0 aliphatic carbocycles. The quantitative estimate of drug-likeness (QED) is 0.374. The molecular formula is C28H30N8O5. The number of likely N-dealkylation sites (tertiary alicyclic amines) is 1. The molecule has 2 aliphatic rings. The van der Waals surface area contributed by atoms with E-state index in [1.165, 1.54) is 6.33 Å². The Hall–Kier alpha value is -4.94. The fourth-order valence-corrected chi connectivity index (χ4v) is 5.05. The van der Waals surface area contributed by atoms with Crippen molar-refractivity contribution in [1.29, 1.82) is 0 Å². The van der Waals surface area contributed by atoms with E-state index in [0.29, 0.717) is 52.6 Å². The van der Waals surface area contributed by atoms with Crippen LogP contribution in [-0.4, -0.2) is 67.1 Å². The number of amides is 2. The first-order chi connectivity index (χ1) is 19.7. The Balaban J connectivity index is 1.37. The van der Waals surface area contributed by atoms with E-state index in [9.17, 15) is 9.59 Å². The lowest BCUT2D eigenvalue weighted by atomic mass is 10.1. The Morgan fingerprint density at radius 2 is 1.93 bits per heavy atom. The van der Waals surface area contributed by atoms with Crippen molar-refractivity contribution in [3.8, 4) is 22.8 Å². The lowest BCUT2D eigenvalue weighted by Crippen LogP contribution is -2.43. The molecule has 212 valence electrons. The lowest BCUT2D eigenvalue weighted by Gasteiger charge is -2.34. The maximum absolute atomic E-state index is 12.8. The maximum Gasteiger partial charge on any atom is 0.410 e. The maximum atomic E-state index is 12.8. The van der Waals surface area contributed by atoms with Gasteiger partial charge < -0.3 is 30.2 Å². The summed E-state index contributed by atoms with van der Waals surface area (Å²) in [5.74, 6) is 0.669. The standard InChI is InChI=1S/C28H30N8O5/c1-28(2,3)41-27(38)35-12-6-7-16(13-35)36-25-20(24(29)31-14-32-25)21(34-36)17-9-10-18(23-22(17)39-15-40-23)33-26(37)19-8-4-5-11-30-19/h4-5,8-11,14,16H,6-7,12-13,15H2,1-3H3,(H,33,37)(H2,29,31,32)/t16-/m1/s1. The minimum atomic E-state index is -0.594. The van der Waals surface area contributed by atoms with Crippen LogP contribution in [0.15, 0.2) is 42.9 Å². The molecule has 13 nitrogen and oxygen atoms in total. The van der Waals surface area contributed by atoms with Gasteiger partial charge in [0, 0.05) is 24.8 Å². The zero-order chi connectivity index (χ0) is 28.7. The molecule has 1 aromatic carbocycles. The molecular weight excluding hydrogens is 528 g/mol. The summed E-state index contributed by atoms with van der Waals surface area (Å²) in [5.41, 5.74) is 8.14. The van der Waals surface area contributed by atoms with E-state index >= 15 is 0 Å². The number of pyridine rings is 1. The van der Waals surface area contributed by atoms with Crippen LogP contribution in [0.3, 0.4) is 0 Å². The highest BCUT2D eigenvalue weighted by Gasteiger charge is 2.33. The second-order valence-corrected chi connectivity index (χ2v) is 10.9. The van der Waals surface area contributed by atoms with E-state index in [-0.39, 0.29) is 36.3 Å². The number of carbonyl (C=O) groups excluding carboxylic acids is 2. The van der Waals surface area contributed by atoms with E-state index in [0.717, 1.165) is 12.8 Å². The summed E-state index contributed by atoms with van der Waals surface area (Å²) >= 11 is 0.